The third-order valence-corrected chi connectivity index (χ3v) is 4.79. The highest BCUT2D eigenvalue weighted by Crippen LogP contribution is 2.20. The number of pyridine rings is 1. The van der Waals surface area contributed by atoms with Gasteiger partial charge in [0, 0.05) is 25.8 Å². The third kappa shape index (κ3) is 2.49. The average Bonchev–Trinajstić information content (AvgIpc) is 2.47. The first-order chi connectivity index (χ1) is 9.48. The van der Waals surface area contributed by atoms with Crippen molar-refractivity contribution in [2.45, 2.75) is 11.1 Å². The number of rotatable bonds is 3. The minimum atomic E-state index is -4.12. The van der Waals surface area contributed by atoms with Gasteiger partial charge >= 0.3 is 5.97 Å². The molecule has 1 aliphatic heterocycles. The maximum Gasteiger partial charge on any atom is 0.323 e. The molecule has 1 saturated heterocycles. The van der Waals surface area contributed by atoms with E-state index in [-0.39, 0.29) is 18.7 Å². The van der Waals surface area contributed by atoms with Crippen molar-refractivity contribution in [3.8, 4) is 6.07 Å². The Bertz CT molecular complexity index is 667. The van der Waals surface area contributed by atoms with Gasteiger partial charge in [-0.3, -0.25) is 4.79 Å². The summed E-state index contributed by atoms with van der Waals surface area (Å²) in [6, 6.07) is 3.33. The SMILES string of the molecule is N#Cc1cccnc1S(=O)(=O)N1CCNCC1C(=O)O. The molecule has 1 unspecified atom stereocenters. The highest BCUT2D eigenvalue weighted by molar-refractivity contribution is 7.89. The van der Waals surface area contributed by atoms with E-state index in [1.807, 2.05) is 0 Å². The van der Waals surface area contributed by atoms with Crippen LogP contribution in [-0.4, -0.2) is 54.5 Å². The van der Waals surface area contributed by atoms with Crippen molar-refractivity contribution < 1.29 is 18.3 Å². The summed E-state index contributed by atoms with van der Waals surface area (Å²) in [5.41, 5.74) is -0.102. The van der Waals surface area contributed by atoms with Gasteiger partial charge in [0.2, 0.25) is 0 Å². The molecular formula is C11H12N4O4S. The van der Waals surface area contributed by atoms with Gasteiger partial charge in [0.15, 0.2) is 5.03 Å². The lowest BCUT2D eigenvalue weighted by Gasteiger charge is -2.32. The second kappa shape index (κ2) is 5.54. The molecule has 106 valence electrons. The summed E-state index contributed by atoms with van der Waals surface area (Å²) < 4.78 is 25.9. The number of nitriles is 1. The number of aromatic nitrogens is 1. The van der Waals surface area contributed by atoms with Gasteiger partial charge in [0.25, 0.3) is 10.0 Å². The van der Waals surface area contributed by atoms with E-state index in [1.54, 1.807) is 6.07 Å². The fourth-order valence-corrected chi connectivity index (χ4v) is 3.62. The van der Waals surface area contributed by atoms with Gasteiger partial charge in [0.05, 0.1) is 5.56 Å². The molecule has 0 saturated carbocycles. The van der Waals surface area contributed by atoms with Crippen LogP contribution in [-0.2, 0) is 14.8 Å². The van der Waals surface area contributed by atoms with Crippen LogP contribution in [0.3, 0.4) is 0 Å². The second-order valence-corrected chi connectivity index (χ2v) is 5.95. The van der Waals surface area contributed by atoms with Gasteiger partial charge in [-0.15, -0.1) is 0 Å². The first-order valence-electron chi connectivity index (χ1n) is 5.79. The second-order valence-electron chi connectivity index (χ2n) is 4.14. The molecule has 2 rings (SSSR count). The van der Waals surface area contributed by atoms with Crippen LogP contribution in [0.2, 0.25) is 0 Å². The topological polar surface area (TPSA) is 123 Å². The molecule has 1 aromatic rings. The van der Waals surface area contributed by atoms with E-state index in [4.69, 9.17) is 10.4 Å². The molecule has 0 radical (unpaired) electrons. The van der Waals surface area contributed by atoms with Gasteiger partial charge < -0.3 is 10.4 Å². The van der Waals surface area contributed by atoms with Crippen LogP contribution in [0.15, 0.2) is 23.4 Å². The zero-order chi connectivity index (χ0) is 14.8. The summed E-state index contributed by atoms with van der Waals surface area (Å²) in [7, 11) is -4.12. The zero-order valence-electron chi connectivity index (χ0n) is 10.4. The number of hydrogen-bond acceptors (Lipinski definition) is 6. The molecule has 0 bridgehead atoms. The first kappa shape index (κ1) is 14.4. The predicted octanol–water partition coefficient (Wildman–Crippen LogP) is -1.000. The number of aliphatic carboxylic acids is 1. The number of nitrogens with one attached hydrogen (secondary N) is 1. The Morgan fingerprint density at radius 2 is 2.35 bits per heavy atom. The highest BCUT2D eigenvalue weighted by atomic mass is 32.2. The molecule has 1 fully saturated rings. The van der Waals surface area contributed by atoms with Gasteiger partial charge in [-0.25, -0.2) is 13.4 Å². The van der Waals surface area contributed by atoms with Gasteiger partial charge in [-0.2, -0.15) is 9.57 Å². The van der Waals surface area contributed by atoms with Crippen LogP contribution < -0.4 is 5.32 Å². The fourth-order valence-electron chi connectivity index (χ4n) is 1.98. The highest BCUT2D eigenvalue weighted by Gasteiger charge is 2.39. The summed E-state index contributed by atoms with van der Waals surface area (Å²) in [4.78, 5) is 14.9. The average molecular weight is 296 g/mol. The molecule has 0 aliphatic carbocycles. The fraction of sp³-hybridized carbons (Fsp3) is 0.364. The molecule has 2 N–H and O–H groups in total. The van der Waals surface area contributed by atoms with Crippen LogP contribution >= 0.6 is 0 Å². The number of carboxylic acid groups (broad SMARTS) is 1. The normalized spacial score (nSPS) is 20.2. The Morgan fingerprint density at radius 3 is 3.00 bits per heavy atom. The number of carboxylic acids is 1. The monoisotopic (exact) mass is 296 g/mol. The van der Waals surface area contributed by atoms with Gasteiger partial charge in [0.1, 0.15) is 12.1 Å². The van der Waals surface area contributed by atoms with Crippen LogP contribution in [0.25, 0.3) is 0 Å². The van der Waals surface area contributed by atoms with E-state index in [0.717, 1.165) is 4.31 Å². The molecule has 1 aromatic heterocycles. The van der Waals surface area contributed by atoms with Crippen molar-refractivity contribution in [2.24, 2.45) is 0 Å². The van der Waals surface area contributed by atoms with Crippen LogP contribution in [0.5, 0.6) is 0 Å². The number of sulfonamides is 1. The molecule has 8 nitrogen and oxygen atoms in total. The van der Waals surface area contributed by atoms with E-state index in [9.17, 15) is 13.2 Å². The largest absolute Gasteiger partial charge is 0.480 e. The standard InChI is InChI=1S/C11H12N4O4S/c12-6-8-2-1-3-14-10(8)20(18,19)15-5-4-13-7-9(15)11(16)17/h1-3,9,13H,4-5,7H2,(H,16,17). The maximum absolute atomic E-state index is 12.5. The summed E-state index contributed by atoms with van der Waals surface area (Å²) in [6.07, 6.45) is 1.26. The lowest BCUT2D eigenvalue weighted by molar-refractivity contribution is -0.141. The van der Waals surface area contributed by atoms with Crippen LogP contribution in [0, 0.1) is 11.3 Å². The summed E-state index contributed by atoms with van der Waals surface area (Å²) in [5, 5.41) is 20.5. The molecule has 20 heavy (non-hydrogen) atoms. The van der Waals surface area contributed by atoms with E-state index in [1.165, 1.54) is 18.3 Å². The van der Waals surface area contributed by atoms with Crippen LogP contribution in [0.1, 0.15) is 5.56 Å². The van der Waals surface area contributed by atoms with Gasteiger partial charge in [-0.1, -0.05) is 0 Å². The summed E-state index contributed by atoms with van der Waals surface area (Å²) in [5.74, 6) is -1.24. The van der Waals surface area contributed by atoms with Crippen molar-refractivity contribution in [3.63, 3.8) is 0 Å². The summed E-state index contributed by atoms with van der Waals surface area (Å²) >= 11 is 0. The molecule has 9 heteroatoms. The Labute approximate surface area is 115 Å². The smallest absolute Gasteiger partial charge is 0.323 e. The van der Waals surface area contributed by atoms with Gasteiger partial charge in [-0.05, 0) is 12.1 Å². The predicted molar refractivity (Wildman–Crippen MR) is 67.1 cm³/mol. The van der Waals surface area contributed by atoms with Crippen molar-refractivity contribution in [3.05, 3.63) is 23.9 Å². The van der Waals surface area contributed by atoms with E-state index < -0.39 is 27.1 Å². The summed E-state index contributed by atoms with van der Waals surface area (Å²) in [6.45, 7) is 0.377. The molecule has 1 atom stereocenters. The minimum absolute atomic E-state index is 0.0146. The lowest BCUT2D eigenvalue weighted by Crippen LogP contribution is -2.56. The molecule has 0 spiro atoms. The number of piperazine rings is 1. The quantitative estimate of drug-likeness (QED) is 0.733. The van der Waals surface area contributed by atoms with E-state index >= 15 is 0 Å². The Morgan fingerprint density at radius 1 is 1.60 bits per heavy atom. The maximum atomic E-state index is 12.5. The Hall–Kier alpha value is -2.02. The molecule has 2 heterocycles. The van der Waals surface area contributed by atoms with Crippen molar-refractivity contribution in [1.82, 2.24) is 14.6 Å². The zero-order valence-corrected chi connectivity index (χ0v) is 11.2. The van der Waals surface area contributed by atoms with Crippen molar-refractivity contribution in [2.75, 3.05) is 19.6 Å². The van der Waals surface area contributed by atoms with E-state index in [0.29, 0.717) is 6.54 Å². The Balaban J connectivity index is 2.48. The minimum Gasteiger partial charge on any atom is -0.480 e. The first-order valence-corrected chi connectivity index (χ1v) is 7.23. The van der Waals surface area contributed by atoms with Crippen molar-refractivity contribution in [1.29, 1.82) is 5.26 Å². The Kier molecular flexibility index (Phi) is 3.99. The third-order valence-electron chi connectivity index (χ3n) is 2.92. The van der Waals surface area contributed by atoms with Crippen LogP contribution in [0.4, 0.5) is 0 Å². The molecule has 0 aromatic carbocycles. The molecular weight excluding hydrogens is 284 g/mol. The number of hydrogen-bond donors (Lipinski definition) is 2. The molecule has 0 amide bonds. The number of nitrogens with zero attached hydrogens (tertiary/aromatic N) is 3. The molecule has 1 aliphatic rings. The lowest BCUT2D eigenvalue weighted by atomic mass is 10.2. The number of carbonyl (C=O) groups is 1. The van der Waals surface area contributed by atoms with E-state index in [2.05, 4.69) is 10.3 Å². The van der Waals surface area contributed by atoms with Crippen molar-refractivity contribution >= 4 is 16.0 Å².